The van der Waals surface area contributed by atoms with Crippen molar-refractivity contribution in [3.05, 3.63) is 193 Å². The van der Waals surface area contributed by atoms with Crippen LogP contribution in [0.4, 0.5) is 0 Å². The first-order valence-electron chi connectivity index (χ1n) is 17.7. The molecule has 0 unspecified atom stereocenters. The third kappa shape index (κ3) is 5.07. The quantitative estimate of drug-likeness (QED) is 0.174. The maximum atomic E-state index is 4.15. The fraction of sp³-hybridized carbons (Fsp3) is 0.0196. The number of benzene rings is 9. The summed E-state index contributed by atoms with van der Waals surface area (Å²) in [6.07, 6.45) is 6.37. The average Bonchev–Trinajstić information content (AvgIpc) is 3.20. The minimum absolute atomic E-state index is 1.19. The highest BCUT2D eigenvalue weighted by Gasteiger charge is 2.17. The Labute approximate surface area is 298 Å². The minimum atomic E-state index is 1.19. The lowest BCUT2D eigenvalue weighted by atomic mass is 9.86. The lowest BCUT2D eigenvalue weighted by Crippen LogP contribution is -2.29. The Morgan fingerprint density at radius 3 is 1.43 bits per heavy atom. The van der Waals surface area contributed by atoms with Crippen molar-refractivity contribution >= 4 is 55.2 Å². The van der Waals surface area contributed by atoms with Gasteiger partial charge in [0.05, 0.1) is 0 Å². The summed E-state index contributed by atoms with van der Waals surface area (Å²) < 4.78 is 0. The number of fused-ring (bicyclic) bond motifs is 4. The van der Waals surface area contributed by atoms with E-state index in [9.17, 15) is 0 Å². The summed E-state index contributed by atoms with van der Waals surface area (Å²) in [7, 11) is 0. The lowest BCUT2D eigenvalue weighted by Gasteiger charge is -2.17. The average molecular weight is 649 g/mol. The molecule has 0 spiro atoms. The topological polar surface area (TPSA) is 0 Å². The number of hydrogen-bond donors (Lipinski definition) is 0. The lowest BCUT2D eigenvalue weighted by molar-refractivity contribution is 1.51. The van der Waals surface area contributed by atoms with Gasteiger partial charge in [-0.3, -0.25) is 0 Å². The zero-order valence-corrected chi connectivity index (χ0v) is 28.6. The van der Waals surface area contributed by atoms with Gasteiger partial charge in [-0.25, -0.2) is 0 Å². The molecular weight excluding hydrogens is 613 g/mol. The predicted molar refractivity (Wildman–Crippen MR) is 222 cm³/mol. The van der Waals surface area contributed by atoms with Crippen LogP contribution in [0, 0.1) is 0 Å². The van der Waals surface area contributed by atoms with Gasteiger partial charge in [-0.2, -0.15) is 0 Å². The molecule has 0 atom stereocenters. The standard InChI is InChI=1S/C51H36/c1-3-15-46-38(4-2)50(48-24-11-12-25-49(48)51(46)47-27-14-19-35-17-6-8-21-40(35)47)37-30-28-36(29-31-37)41-32-33-45(44-23-10-9-22-42(41)44)43-26-13-18-34-16-5-7-20-39(34)43/h3-33H,1H2,2H3/b38-4+,46-15+. The summed E-state index contributed by atoms with van der Waals surface area (Å²) in [6.45, 7) is 6.30. The number of hydrogen-bond acceptors (Lipinski definition) is 0. The first-order chi connectivity index (χ1) is 25.2. The zero-order chi connectivity index (χ0) is 34.3. The van der Waals surface area contributed by atoms with Crippen molar-refractivity contribution in [1.29, 1.82) is 0 Å². The monoisotopic (exact) mass is 648 g/mol. The molecule has 0 aliphatic carbocycles. The molecule has 0 nitrogen and oxygen atoms in total. The Bertz CT molecular complexity index is 2910. The highest BCUT2D eigenvalue weighted by Crippen LogP contribution is 2.40. The van der Waals surface area contributed by atoms with Gasteiger partial charge >= 0.3 is 0 Å². The second kappa shape index (κ2) is 12.8. The molecule has 51 heavy (non-hydrogen) atoms. The van der Waals surface area contributed by atoms with Crippen LogP contribution in [-0.2, 0) is 0 Å². The largest absolute Gasteiger partial charge is 0.0990 e. The molecule has 9 rings (SSSR count). The van der Waals surface area contributed by atoms with Crippen molar-refractivity contribution in [3.8, 4) is 44.5 Å². The molecule has 0 saturated carbocycles. The minimum Gasteiger partial charge on any atom is -0.0990 e. The van der Waals surface area contributed by atoms with Crippen molar-refractivity contribution in [2.75, 3.05) is 0 Å². The normalized spacial score (nSPS) is 12.3. The second-order valence-electron chi connectivity index (χ2n) is 13.2. The molecule has 0 heteroatoms. The third-order valence-corrected chi connectivity index (χ3v) is 10.4. The molecule has 9 aromatic rings. The van der Waals surface area contributed by atoms with Crippen LogP contribution in [0.25, 0.3) is 99.7 Å². The maximum absolute atomic E-state index is 4.15. The Morgan fingerprint density at radius 1 is 0.353 bits per heavy atom. The van der Waals surface area contributed by atoms with Crippen LogP contribution in [0.3, 0.4) is 0 Å². The molecule has 0 radical (unpaired) electrons. The maximum Gasteiger partial charge on any atom is -0.00203 e. The van der Waals surface area contributed by atoms with Gasteiger partial charge in [-0.05, 0) is 105 Å². The van der Waals surface area contributed by atoms with Gasteiger partial charge < -0.3 is 0 Å². The summed E-state index contributed by atoms with van der Waals surface area (Å²) >= 11 is 0. The predicted octanol–water partition coefficient (Wildman–Crippen LogP) is 12.7. The fourth-order valence-corrected chi connectivity index (χ4v) is 8.18. The molecule has 0 saturated heterocycles. The zero-order valence-electron chi connectivity index (χ0n) is 28.6. The van der Waals surface area contributed by atoms with Gasteiger partial charge in [0.15, 0.2) is 0 Å². The summed E-state index contributed by atoms with van der Waals surface area (Å²) in [5.41, 5.74) is 9.89. The van der Waals surface area contributed by atoms with E-state index in [1.54, 1.807) is 0 Å². The van der Waals surface area contributed by atoms with Crippen LogP contribution in [-0.4, -0.2) is 0 Å². The Hall–Kier alpha value is -6.50. The smallest absolute Gasteiger partial charge is 0.00203 e. The Balaban J connectivity index is 1.23. The highest BCUT2D eigenvalue weighted by atomic mass is 14.2. The van der Waals surface area contributed by atoms with E-state index in [4.69, 9.17) is 0 Å². The molecule has 0 aromatic heterocycles. The van der Waals surface area contributed by atoms with Gasteiger partial charge in [0, 0.05) is 0 Å². The van der Waals surface area contributed by atoms with E-state index in [1.165, 1.54) is 98.0 Å². The van der Waals surface area contributed by atoms with Crippen molar-refractivity contribution in [2.24, 2.45) is 0 Å². The molecule has 0 amide bonds. The van der Waals surface area contributed by atoms with E-state index in [2.05, 4.69) is 196 Å². The van der Waals surface area contributed by atoms with Gasteiger partial charge in [-0.15, -0.1) is 0 Å². The van der Waals surface area contributed by atoms with Gasteiger partial charge in [-0.1, -0.05) is 195 Å². The molecule has 0 heterocycles. The number of rotatable bonds is 5. The van der Waals surface area contributed by atoms with E-state index in [0.29, 0.717) is 0 Å². The SMILES string of the molecule is C=C/C=c1/c(-c2cccc3ccccc23)c2ccccc2c(-c2ccc(-c3ccc(-c4cccc5ccccc45)c4ccccc34)cc2)/c1=C/C. The summed E-state index contributed by atoms with van der Waals surface area (Å²) in [4.78, 5) is 0. The molecule has 0 aliphatic rings. The summed E-state index contributed by atoms with van der Waals surface area (Å²) in [6, 6.07) is 62.0. The first-order valence-corrected chi connectivity index (χ1v) is 17.7. The Kier molecular flexibility index (Phi) is 7.64. The van der Waals surface area contributed by atoms with Gasteiger partial charge in [0.25, 0.3) is 0 Å². The van der Waals surface area contributed by atoms with Crippen molar-refractivity contribution in [2.45, 2.75) is 6.92 Å². The van der Waals surface area contributed by atoms with Crippen LogP contribution in [0.2, 0.25) is 0 Å². The van der Waals surface area contributed by atoms with Crippen LogP contribution < -0.4 is 10.4 Å². The molecule has 0 N–H and O–H groups in total. The van der Waals surface area contributed by atoms with Gasteiger partial charge in [0.2, 0.25) is 0 Å². The third-order valence-electron chi connectivity index (χ3n) is 10.4. The highest BCUT2D eigenvalue weighted by molar-refractivity contribution is 6.12. The summed E-state index contributed by atoms with van der Waals surface area (Å²) in [5.74, 6) is 0. The molecule has 240 valence electrons. The first kappa shape index (κ1) is 30.6. The fourth-order valence-electron chi connectivity index (χ4n) is 8.18. The van der Waals surface area contributed by atoms with E-state index in [-0.39, 0.29) is 0 Å². The number of allylic oxidation sites excluding steroid dienone is 1. The molecular formula is C51H36. The summed E-state index contributed by atoms with van der Waals surface area (Å²) in [5, 5.41) is 12.4. The second-order valence-corrected chi connectivity index (χ2v) is 13.2. The Morgan fingerprint density at radius 2 is 0.804 bits per heavy atom. The molecule has 0 fully saturated rings. The van der Waals surface area contributed by atoms with Crippen LogP contribution in [0.1, 0.15) is 6.92 Å². The van der Waals surface area contributed by atoms with Crippen molar-refractivity contribution in [1.82, 2.24) is 0 Å². The van der Waals surface area contributed by atoms with Crippen LogP contribution >= 0.6 is 0 Å². The molecule has 0 bridgehead atoms. The molecule has 9 aromatic carbocycles. The van der Waals surface area contributed by atoms with Crippen molar-refractivity contribution in [3.63, 3.8) is 0 Å². The molecule has 0 aliphatic heterocycles. The van der Waals surface area contributed by atoms with E-state index in [1.807, 2.05) is 6.08 Å². The van der Waals surface area contributed by atoms with E-state index >= 15 is 0 Å². The van der Waals surface area contributed by atoms with Gasteiger partial charge in [0.1, 0.15) is 0 Å². The van der Waals surface area contributed by atoms with Crippen molar-refractivity contribution < 1.29 is 0 Å². The van der Waals surface area contributed by atoms with Crippen LogP contribution in [0.15, 0.2) is 183 Å². The van der Waals surface area contributed by atoms with E-state index < -0.39 is 0 Å². The van der Waals surface area contributed by atoms with E-state index in [0.717, 1.165) is 0 Å². The van der Waals surface area contributed by atoms with Crippen LogP contribution in [0.5, 0.6) is 0 Å².